The Morgan fingerprint density at radius 2 is 1.74 bits per heavy atom. The Balaban J connectivity index is 0.000000637. The van der Waals surface area contributed by atoms with Crippen molar-refractivity contribution in [2.75, 3.05) is 0 Å². The van der Waals surface area contributed by atoms with E-state index in [-0.39, 0.29) is 5.43 Å². The van der Waals surface area contributed by atoms with Gasteiger partial charge in [0.05, 0.1) is 0 Å². The molecular weight excluding hydrogens is 234 g/mol. The molecule has 0 unspecified atom stereocenters. The van der Waals surface area contributed by atoms with Gasteiger partial charge in [-0.25, -0.2) is 0 Å². The summed E-state index contributed by atoms with van der Waals surface area (Å²) in [4.78, 5) is 15.5. The fraction of sp³-hybridized carbons (Fsp3) is 0.471. The van der Waals surface area contributed by atoms with Crippen molar-refractivity contribution in [3.8, 4) is 0 Å². The minimum atomic E-state index is 0.153. The third-order valence-corrected chi connectivity index (χ3v) is 3.80. The predicted octanol–water partition coefficient (Wildman–Crippen LogP) is 4.60. The highest BCUT2D eigenvalue weighted by atomic mass is 16.1. The van der Waals surface area contributed by atoms with E-state index in [9.17, 15) is 4.79 Å². The Hall–Kier alpha value is -1.57. The summed E-state index contributed by atoms with van der Waals surface area (Å²) < 4.78 is 0. The van der Waals surface area contributed by atoms with Crippen molar-refractivity contribution in [2.24, 2.45) is 0 Å². The van der Waals surface area contributed by atoms with Gasteiger partial charge in [0.15, 0.2) is 5.43 Å². The van der Waals surface area contributed by atoms with Crippen LogP contribution in [-0.4, -0.2) is 4.98 Å². The van der Waals surface area contributed by atoms with Gasteiger partial charge in [-0.05, 0) is 30.9 Å². The minimum absolute atomic E-state index is 0.153. The Labute approximate surface area is 114 Å². The normalized spacial score (nSPS) is 15.9. The lowest BCUT2D eigenvalue weighted by Crippen LogP contribution is -2.11. The third-order valence-electron chi connectivity index (χ3n) is 3.80. The summed E-state index contributed by atoms with van der Waals surface area (Å²) in [5, 5.41) is 0.798. The predicted molar refractivity (Wildman–Crippen MR) is 81.7 cm³/mol. The maximum Gasteiger partial charge on any atom is 0.189 e. The van der Waals surface area contributed by atoms with Crippen LogP contribution in [0.15, 0.2) is 35.1 Å². The zero-order chi connectivity index (χ0) is 13.7. The lowest BCUT2D eigenvalue weighted by Gasteiger charge is -2.21. The molecule has 0 aliphatic heterocycles. The highest BCUT2D eigenvalue weighted by molar-refractivity contribution is 5.78. The van der Waals surface area contributed by atoms with E-state index >= 15 is 0 Å². The first-order valence-corrected chi connectivity index (χ1v) is 7.46. The third kappa shape index (κ3) is 3.06. The number of aromatic nitrogens is 1. The number of para-hydroxylation sites is 1. The molecule has 0 atom stereocenters. The van der Waals surface area contributed by atoms with Crippen molar-refractivity contribution in [3.05, 3.63) is 46.2 Å². The van der Waals surface area contributed by atoms with Crippen LogP contribution in [0.2, 0.25) is 0 Å². The molecule has 2 aromatic rings. The quantitative estimate of drug-likeness (QED) is 0.795. The fourth-order valence-electron chi connectivity index (χ4n) is 2.85. The fourth-order valence-corrected chi connectivity index (χ4v) is 2.85. The number of benzene rings is 1. The summed E-state index contributed by atoms with van der Waals surface area (Å²) in [5.41, 5.74) is 2.26. The molecule has 1 aliphatic carbocycles. The Morgan fingerprint density at radius 1 is 1.05 bits per heavy atom. The molecule has 1 N–H and O–H groups in total. The number of H-pyrrole nitrogens is 1. The van der Waals surface area contributed by atoms with Crippen molar-refractivity contribution in [1.82, 2.24) is 4.98 Å². The second-order valence-corrected chi connectivity index (χ2v) is 4.97. The van der Waals surface area contributed by atoms with Gasteiger partial charge in [0, 0.05) is 22.7 Å². The Kier molecular flexibility index (Phi) is 4.78. The summed E-state index contributed by atoms with van der Waals surface area (Å²) in [6.07, 6.45) is 6.36. The molecule has 0 radical (unpaired) electrons. The van der Waals surface area contributed by atoms with Crippen molar-refractivity contribution in [3.63, 3.8) is 0 Å². The molecule has 1 aromatic heterocycles. The van der Waals surface area contributed by atoms with Crippen LogP contribution < -0.4 is 5.43 Å². The molecule has 1 saturated carbocycles. The topological polar surface area (TPSA) is 32.9 Å². The van der Waals surface area contributed by atoms with Gasteiger partial charge in [0.1, 0.15) is 0 Å². The maximum atomic E-state index is 12.0. The largest absolute Gasteiger partial charge is 0.358 e. The lowest BCUT2D eigenvalue weighted by molar-refractivity contribution is 0.437. The first-order chi connectivity index (χ1) is 9.34. The van der Waals surface area contributed by atoms with E-state index in [1.54, 1.807) is 6.07 Å². The van der Waals surface area contributed by atoms with Gasteiger partial charge in [-0.2, -0.15) is 0 Å². The summed E-state index contributed by atoms with van der Waals surface area (Å²) >= 11 is 0. The molecule has 2 heteroatoms. The van der Waals surface area contributed by atoms with Gasteiger partial charge in [-0.3, -0.25) is 4.79 Å². The zero-order valence-electron chi connectivity index (χ0n) is 11.9. The van der Waals surface area contributed by atoms with Gasteiger partial charge in [-0.1, -0.05) is 45.2 Å². The van der Waals surface area contributed by atoms with Crippen molar-refractivity contribution < 1.29 is 0 Å². The van der Waals surface area contributed by atoms with E-state index in [4.69, 9.17) is 0 Å². The van der Waals surface area contributed by atoms with Crippen molar-refractivity contribution in [1.29, 1.82) is 0 Å². The molecule has 19 heavy (non-hydrogen) atoms. The number of fused-ring (bicyclic) bond motifs is 1. The lowest BCUT2D eigenvalue weighted by atomic mass is 9.86. The molecular formula is C17H23NO. The maximum absolute atomic E-state index is 12.0. The Morgan fingerprint density at radius 3 is 2.47 bits per heavy atom. The zero-order valence-corrected chi connectivity index (χ0v) is 11.9. The second-order valence-electron chi connectivity index (χ2n) is 4.97. The van der Waals surface area contributed by atoms with Gasteiger partial charge >= 0.3 is 0 Å². The molecule has 1 fully saturated rings. The smallest absolute Gasteiger partial charge is 0.189 e. The molecule has 0 bridgehead atoms. The highest BCUT2D eigenvalue weighted by Crippen LogP contribution is 2.31. The molecule has 0 spiro atoms. The van der Waals surface area contributed by atoms with E-state index in [0.29, 0.717) is 5.92 Å². The van der Waals surface area contributed by atoms with E-state index in [1.807, 2.05) is 38.1 Å². The number of aromatic amines is 1. The van der Waals surface area contributed by atoms with Crippen LogP contribution >= 0.6 is 0 Å². The number of rotatable bonds is 1. The van der Waals surface area contributed by atoms with Crippen molar-refractivity contribution in [2.45, 2.75) is 51.9 Å². The van der Waals surface area contributed by atoms with E-state index in [0.717, 1.165) is 16.6 Å². The van der Waals surface area contributed by atoms with Crippen molar-refractivity contribution >= 4 is 10.9 Å². The SMILES string of the molecule is CC.O=c1cc(C2CCCCC2)[nH]c2ccccc12. The summed E-state index contributed by atoms with van der Waals surface area (Å²) in [7, 11) is 0. The van der Waals surface area contributed by atoms with E-state index in [1.165, 1.54) is 32.1 Å². The summed E-state index contributed by atoms with van der Waals surface area (Å²) in [5.74, 6) is 0.557. The van der Waals surface area contributed by atoms with E-state index in [2.05, 4.69) is 4.98 Å². The van der Waals surface area contributed by atoms with Crippen LogP contribution in [0.1, 0.15) is 57.6 Å². The standard InChI is InChI=1S/C15H17NO.C2H6/c17-15-10-14(11-6-2-1-3-7-11)16-13-9-5-4-8-12(13)15;1-2/h4-5,8-11H,1-3,6-7H2,(H,16,17);1-2H3. The average molecular weight is 257 g/mol. The average Bonchev–Trinajstić information content (AvgIpc) is 2.50. The Bertz CT molecular complexity index is 579. The first-order valence-electron chi connectivity index (χ1n) is 7.46. The second kappa shape index (κ2) is 6.55. The number of hydrogen-bond acceptors (Lipinski definition) is 1. The highest BCUT2D eigenvalue weighted by Gasteiger charge is 2.16. The summed E-state index contributed by atoms with van der Waals surface area (Å²) in [6.45, 7) is 4.00. The van der Waals surface area contributed by atoms with Crippen LogP contribution in [0.3, 0.4) is 0 Å². The van der Waals surface area contributed by atoms with Crippen LogP contribution in [0.5, 0.6) is 0 Å². The number of hydrogen-bond donors (Lipinski definition) is 1. The summed E-state index contributed by atoms with van der Waals surface area (Å²) in [6, 6.07) is 9.57. The van der Waals surface area contributed by atoms with Crippen LogP contribution in [-0.2, 0) is 0 Å². The molecule has 1 heterocycles. The van der Waals surface area contributed by atoms with Crippen LogP contribution in [0, 0.1) is 0 Å². The van der Waals surface area contributed by atoms with Gasteiger partial charge in [0.25, 0.3) is 0 Å². The molecule has 0 saturated heterocycles. The molecule has 1 aromatic carbocycles. The van der Waals surface area contributed by atoms with Crippen LogP contribution in [0.4, 0.5) is 0 Å². The van der Waals surface area contributed by atoms with Gasteiger partial charge in [0.2, 0.25) is 0 Å². The molecule has 3 rings (SSSR count). The van der Waals surface area contributed by atoms with E-state index < -0.39 is 0 Å². The number of pyridine rings is 1. The first kappa shape index (κ1) is 13.9. The molecule has 102 valence electrons. The van der Waals surface area contributed by atoms with Crippen LogP contribution in [0.25, 0.3) is 10.9 Å². The molecule has 1 aliphatic rings. The molecule has 2 nitrogen and oxygen atoms in total. The number of nitrogens with one attached hydrogen (secondary N) is 1. The van der Waals surface area contributed by atoms with Gasteiger partial charge in [-0.15, -0.1) is 0 Å². The molecule has 0 amide bonds. The van der Waals surface area contributed by atoms with Gasteiger partial charge < -0.3 is 4.98 Å². The minimum Gasteiger partial charge on any atom is -0.358 e. The monoisotopic (exact) mass is 257 g/mol.